The second kappa shape index (κ2) is 12.0. The number of aliphatic hydroxyl groups is 1. The summed E-state index contributed by atoms with van der Waals surface area (Å²) in [5, 5.41) is 13.3. The Balaban J connectivity index is 4.49. The summed E-state index contributed by atoms with van der Waals surface area (Å²) in [5.74, 6) is 0. The van der Waals surface area contributed by atoms with Gasteiger partial charge in [0.15, 0.2) is 7.85 Å². The zero-order chi connectivity index (χ0) is 20.3. The van der Waals surface area contributed by atoms with Gasteiger partial charge in [-0.25, -0.2) is 0 Å². The molecule has 0 radical (unpaired) electrons. The summed E-state index contributed by atoms with van der Waals surface area (Å²) < 4.78 is 17.6. The first-order chi connectivity index (χ1) is 12.1. The normalized spacial score (nSPS) is 16.3. The minimum atomic E-state index is -0.878. The van der Waals surface area contributed by atoms with E-state index in [-0.39, 0.29) is 12.6 Å². The molecule has 154 valence electrons. The first-order valence-corrected chi connectivity index (χ1v) is 9.81. The smallest absolute Gasteiger partial charge is 0.162 e. The predicted molar refractivity (Wildman–Crippen MR) is 107 cm³/mol. The molecule has 0 saturated carbocycles. The first kappa shape index (κ1) is 25.5. The summed E-state index contributed by atoms with van der Waals surface area (Å²) in [5.41, 5.74) is 4.02. The van der Waals surface area contributed by atoms with E-state index in [1.54, 1.807) is 14.8 Å². The van der Waals surface area contributed by atoms with Crippen molar-refractivity contribution in [3.05, 3.63) is 4.91 Å². The molecule has 0 rings (SSSR count). The number of hydrogen-bond donors (Lipinski definition) is 2. The highest BCUT2D eigenvalue weighted by Crippen LogP contribution is 2.25. The lowest BCUT2D eigenvalue weighted by atomic mass is 9.88. The van der Waals surface area contributed by atoms with Crippen LogP contribution < -0.4 is 5.73 Å². The number of nitrogens with two attached hydrogens (primary N) is 1. The average molecular weight is 374 g/mol. The summed E-state index contributed by atoms with van der Waals surface area (Å²) in [6, 6.07) is 0. The maximum Gasteiger partial charge on any atom is 0.162 e. The van der Waals surface area contributed by atoms with E-state index in [0.29, 0.717) is 39.1 Å². The van der Waals surface area contributed by atoms with Crippen molar-refractivity contribution >= 4 is 7.85 Å². The number of nitrogens with zero attached hydrogens (tertiary/aromatic N) is 1. The largest absolute Gasteiger partial charge is 0.388 e. The zero-order valence-electron chi connectivity index (χ0n) is 17.5. The molecule has 0 bridgehead atoms. The summed E-state index contributed by atoms with van der Waals surface area (Å²) >= 11 is 0. The topological polar surface area (TPSA) is 103 Å². The Kier molecular flexibility index (Phi) is 11.8. The van der Waals surface area contributed by atoms with Gasteiger partial charge in [0.1, 0.15) is 6.54 Å². The summed E-state index contributed by atoms with van der Waals surface area (Å²) in [6.45, 7) is 11.1. The van der Waals surface area contributed by atoms with Gasteiger partial charge in [-0.3, -0.25) is 0 Å². The number of rotatable bonds is 16. The predicted octanol–water partition coefficient (Wildman–Crippen LogP) is 1.94. The van der Waals surface area contributed by atoms with Crippen LogP contribution in [-0.4, -0.2) is 62.2 Å². The lowest BCUT2D eigenvalue weighted by Crippen LogP contribution is -2.48. The maximum atomic E-state index is 10.5. The molecule has 0 fully saturated rings. The lowest BCUT2D eigenvalue weighted by molar-refractivity contribution is -0.153. The number of hydrogen-bond acceptors (Lipinski definition) is 7. The number of ether oxygens (including phenoxy) is 3. The van der Waals surface area contributed by atoms with Gasteiger partial charge in [-0.05, 0) is 32.6 Å². The zero-order valence-corrected chi connectivity index (χ0v) is 17.5. The molecule has 0 saturated heterocycles. The van der Waals surface area contributed by atoms with E-state index >= 15 is 0 Å². The van der Waals surface area contributed by atoms with E-state index in [2.05, 4.69) is 19.0 Å². The Morgan fingerprint density at radius 3 is 2.15 bits per heavy atom. The molecular formula is C18H39BN2O5. The molecule has 0 aromatic heterocycles. The second-order valence-electron chi connectivity index (χ2n) is 7.47. The van der Waals surface area contributed by atoms with Gasteiger partial charge < -0.3 is 25.1 Å². The molecule has 0 spiro atoms. The van der Waals surface area contributed by atoms with Gasteiger partial charge in [0.2, 0.25) is 0 Å². The minimum Gasteiger partial charge on any atom is -0.388 e. The fraction of sp³-hybridized carbons (Fsp3) is 1.00. The quantitative estimate of drug-likeness (QED) is 0.185. The SMILES string of the molecule is B[C@](N)(CCOCC(CC)(CC)OCC(O)(CC)CC)O[C@@H](C)CN=O. The van der Waals surface area contributed by atoms with E-state index in [9.17, 15) is 10.0 Å². The van der Waals surface area contributed by atoms with Gasteiger partial charge in [0.05, 0.1) is 36.1 Å². The van der Waals surface area contributed by atoms with Crippen LogP contribution in [0.2, 0.25) is 0 Å². The molecule has 0 aromatic rings. The van der Waals surface area contributed by atoms with E-state index in [0.717, 1.165) is 12.8 Å². The fourth-order valence-electron chi connectivity index (χ4n) is 2.64. The molecule has 2 atom stereocenters. The van der Waals surface area contributed by atoms with Crippen molar-refractivity contribution in [2.24, 2.45) is 10.9 Å². The average Bonchev–Trinajstić information content (AvgIpc) is 2.61. The van der Waals surface area contributed by atoms with Gasteiger partial charge >= 0.3 is 0 Å². The van der Waals surface area contributed by atoms with E-state index < -0.39 is 16.8 Å². The minimum absolute atomic E-state index is 0.0774. The molecule has 7 nitrogen and oxygen atoms in total. The van der Waals surface area contributed by atoms with E-state index in [1.165, 1.54) is 0 Å². The van der Waals surface area contributed by atoms with Crippen molar-refractivity contribution < 1.29 is 19.3 Å². The van der Waals surface area contributed by atoms with Crippen LogP contribution >= 0.6 is 0 Å². The Labute approximate surface area is 159 Å². The maximum absolute atomic E-state index is 10.5. The van der Waals surface area contributed by atoms with Crippen LogP contribution in [0.3, 0.4) is 0 Å². The Morgan fingerprint density at radius 1 is 1.12 bits per heavy atom. The van der Waals surface area contributed by atoms with E-state index in [1.807, 2.05) is 13.8 Å². The molecular weight excluding hydrogens is 335 g/mol. The highest BCUT2D eigenvalue weighted by Gasteiger charge is 2.32. The molecule has 3 N–H and O–H groups in total. The van der Waals surface area contributed by atoms with Crippen molar-refractivity contribution in [2.45, 2.75) is 89.7 Å². The van der Waals surface area contributed by atoms with Gasteiger partial charge in [-0.15, -0.1) is 0 Å². The Morgan fingerprint density at radius 2 is 1.69 bits per heavy atom. The van der Waals surface area contributed by atoms with Crippen molar-refractivity contribution in [3.8, 4) is 0 Å². The van der Waals surface area contributed by atoms with Crippen LogP contribution in [-0.2, 0) is 14.2 Å². The van der Waals surface area contributed by atoms with Crippen molar-refractivity contribution in [2.75, 3.05) is 26.4 Å². The molecule has 0 unspecified atom stereocenters. The molecule has 0 aromatic carbocycles. The Bertz CT molecular complexity index is 388. The molecule has 26 heavy (non-hydrogen) atoms. The summed E-state index contributed by atoms with van der Waals surface area (Å²) in [4.78, 5) is 10.3. The third kappa shape index (κ3) is 9.42. The third-order valence-electron chi connectivity index (χ3n) is 5.16. The monoisotopic (exact) mass is 374 g/mol. The van der Waals surface area contributed by atoms with Crippen molar-refractivity contribution in [3.63, 3.8) is 0 Å². The highest BCUT2D eigenvalue weighted by atomic mass is 16.6. The van der Waals surface area contributed by atoms with E-state index in [4.69, 9.17) is 19.9 Å². The molecule has 0 aliphatic carbocycles. The lowest BCUT2D eigenvalue weighted by Gasteiger charge is -2.36. The first-order valence-electron chi connectivity index (χ1n) is 9.81. The van der Waals surface area contributed by atoms with Crippen LogP contribution in [0, 0.1) is 4.91 Å². The van der Waals surface area contributed by atoms with Gasteiger partial charge in [0.25, 0.3) is 0 Å². The Hall–Kier alpha value is -0.535. The van der Waals surface area contributed by atoms with Crippen LogP contribution in [0.5, 0.6) is 0 Å². The molecule has 0 aliphatic rings. The van der Waals surface area contributed by atoms with Crippen LogP contribution in [0.1, 0.15) is 66.7 Å². The van der Waals surface area contributed by atoms with Crippen LogP contribution in [0.4, 0.5) is 0 Å². The second-order valence-corrected chi connectivity index (χ2v) is 7.47. The molecule has 0 amide bonds. The molecule has 0 heterocycles. The summed E-state index contributed by atoms with van der Waals surface area (Å²) in [7, 11) is 1.77. The summed E-state index contributed by atoms with van der Waals surface area (Å²) in [6.07, 6.45) is 3.08. The third-order valence-corrected chi connectivity index (χ3v) is 5.16. The highest BCUT2D eigenvalue weighted by molar-refractivity contribution is 6.14. The fourth-order valence-corrected chi connectivity index (χ4v) is 2.64. The van der Waals surface area contributed by atoms with Gasteiger partial charge in [-0.1, -0.05) is 32.9 Å². The van der Waals surface area contributed by atoms with Crippen LogP contribution in [0.25, 0.3) is 0 Å². The van der Waals surface area contributed by atoms with Gasteiger partial charge in [0, 0.05) is 13.0 Å². The molecule has 0 aliphatic heterocycles. The molecule has 8 heteroatoms. The number of nitroso groups, excluding NO2 is 1. The standard InChI is InChI=1S/C18H39BN2O5/c1-6-16(22,7-2)13-25-17(8-3,9-4)14-24-11-10-18(19,20)26-15(5)12-21-23/h15,22H,6-14,19-20H2,1-5H3/t15-,18-/m0/s1. The van der Waals surface area contributed by atoms with Crippen molar-refractivity contribution in [1.82, 2.24) is 0 Å². The van der Waals surface area contributed by atoms with Gasteiger partial charge in [-0.2, -0.15) is 4.91 Å². The van der Waals surface area contributed by atoms with Crippen LogP contribution in [0.15, 0.2) is 5.18 Å². The van der Waals surface area contributed by atoms with Crippen molar-refractivity contribution in [1.29, 1.82) is 0 Å².